The monoisotopic (exact) mass is 727 g/mol. The second-order valence-corrected chi connectivity index (χ2v) is 15.4. The van der Waals surface area contributed by atoms with Gasteiger partial charge in [0, 0.05) is 57.5 Å². The molecule has 50 heavy (non-hydrogen) atoms. The molecule has 1 saturated carbocycles. The number of aromatic nitrogens is 1. The fourth-order valence-corrected chi connectivity index (χ4v) is 6.18. The van der Waals surface area contributed by atoms with E-state index in [-0.39, 0.29) is 30.2 Å². The van der Waals surface area contributed by atoms with Crippen molar-refractivity contribution in [3.8, 4) is 5.75 Å². The number of alkyl halides is 3. The van der Waals surface area contributed by atoms with Crippen LogP contribution in [0.3, 0.4) is 0 Å². The average Bonchev–Trinajstić information content (AvgIpc) is 3.74. The van der Waals surface area contributed by atoms with Crippen molar-refractivity contribution in [2.75, 3.05) is 43.0 Å². The fraction of sp³-hybridized carbons (Fsp3) is 0.471. The highest BCUT2D eigenvalue weighted by Gasteiger charge is 2.34. The van der Waals surface area contributed by atoms with Crippen LogP contribution in [-0.4, -0.2) is 75.6 Å². The van der Waals surface area contributed by atoms with Gasteiger partial charge in [0.2, 0.25) is 10.0 Å². The van der Waals surface area contributed by atoms with Gasteiger partial charge in [-0.15, -0.1) is 0 Å². The third-order valence-corrected chi connectivity index (χ3v) is 10.7. The zero-order valence-corrected chi connectivity index (χ0v) is 29.2. The minimum Gasteiger partial charge on any atom is -0.491 e. The minimum atomic E-state index is -4.54. The van der Waals surface area contributed by atoms with Gasteiger partial charge in [0.1, 0.15) is 35.6 Å². The second-order valence-electron chi connectivity index (χ2n) is 12.9. The normalized spacial score (nSPS) is 17.3. The molecule has 16 heteroatoms. The predicted octanol–water partition coefficient (Wildman–Crippen LogP) is 4.97. The van der Waals surface area contributed by atoms with E-state index in [4.69, 9.17) is 4.74 Å². The lowest BCUT2D eigenvalue weighted by atomic mass is 10.1. The number of hydrogen-bond donors (Lipinski definition) is 3. The highest BCUT2D eigenvalue weighted by atomic mass is 32.2. The van der Waals surface area contributed by atoms with E-state index in [9.17, 15) is 40.3 Å². The topological polar surface area (TPSA) is 124 Å². The number of ether oxygens (including phenoxy) is 1. The highest BCUT2D eigenvalue weighted by Crippen LogP contribution is 2.39. The molecule has 0 unspecified atom stereocenters. The summed E-state index contributed by atoms with van der Waals surface area (Å²) in [6.45, 7) is 5.01. The molecule has 10 nitrogen and oxygen atoms in total. The van der Waals surface area contributed by atoms with E-state index < -0.39 is 63.3 Å². The number of nitrogens with zero attached hydrogens (tertiary/aromatic N) is 3. The molecular weight excluding hydrogens is 685 g/mol. The van der Waals surface area contributed by atoms with E-state index in [0.717, 1.165) is 35.0 Å². The number of carbonyl (C=O) groups is 1. The van der Waals surface area contributed by atoms with Gasteiger partial charge in [0.05, 0.1) is 23.0 Å². The molecule has 4 atom stereocenters. The number of halogens is 5. The molecule has 2 aromatic carbocycles. The molecule has 1 aliphatic rings. The van der Waals surface area contributed by atoms with Gasteiger partial charge in [-0.1, -0.05) is 25.1 Å². The summed E-state index contributed by atoms with van der Waals surface area (Å²) in [7, 11) is -0.717. The second kappa shape index (κ2) is 15.9. The SMILES string of the molecule is CC(C)S(=O)(=O)N(C)c1cc(C(=O)N[C@@H](COc2cc(F)cc(F)c2)[C@H](O)CNCc2cccc(C(F)(F)F)c2)cc(N(C)C[C@H]2C[C@@H]2C)n1. The van der Waals surface area contributed by atoms with Crippen LogP contribution >= 0.6 is 0 Å². The molecular formula is C34H42F5N5O5S. The molecule has 274 valence electrons. The first-order valence-corrected chi connectivity index (χ1v) is 17.5. The quantitative estimate of drug-likeness (QED) is 0.177. The highest BCUT2D eigenvalue weighted by molar-refractivity contribution is 7.93. The summed E-state index contributed by atoms with van der Waals surface area (Å²) < 4.78 is 99.8. The first kappa shape index (κ1) is 38.8. The van der Waals surface area contributed by atoms with Gasteiger partial charge in [0.15, 0.2) is 0 Å². The van der Waals surface area contributed by atoms with Crippen LogP contribution in [0.1, 0.15) is 48.7 Å². The average molecular weight is 728 g/mol. The molecule has 0 radical (unpaired) electrons. The summed E-state index contributed by atoms with van der Waals surface area (Å²) in [4.78, 5) is 20.2. The largest absolute Gasteiger partial charge is 0.491 e. The maximum Gasteiger partial charge on any atom is 0.416 e. The van der Waals surface area contributed by atoms with Gasteiger partial charge in [-0.25, -0.2) is 22.2 Å². The first-order chi connectivity index (χ1) is 23.3. The number of hydrogen-bond acceptors (Lipinski definition) is 8. The maximum atomic E-state index is 13.8. The lowest BCUT2D eigenvalue weighted by Crippen LogP contribution is -2.50. The summed E-state index contributed by atoms with van der Waals surface area (Å²) in [6, 6.07) is 8.69. The van der Waals surface area contributed by atoms with Crippen molar-refractivity contribution < 1.29 is 45.0 Å². The minimum absolute atomic E-state index is 0.0108. The number of aliphatic hydroxyl groups is 1. The molecule has 1 amide bonds. The summed E-state index contributed by atoms with van der Waals surface area (Å²) in [5.74, 6) is -1.52. The Morgan fingerprint density at radius 1 is 1.06 bits per heavy atom. The van der Waals surface area contributed by atoms with E-state index in [1.165, 1.54) is 45.2 Å². The molecule has 0 saturated heterocycles. The summed E-state index contributed by atoms with van der Waals surface area (Å²) in [5.41, 5.74) is -0.531. The van der Waals surface area contributed by atoms with Gasteiger partial charge < -0.3 is 25.4 Å². The van der Waals surface area contributed by atoms with E-state index in [1.54, 1.807) is 7.05 Å². The number of sulfonamides is 1. The zero-order chi connectivity index (χ0) is 37.0. The van der Waals surface area contributed by atoms with E-state index in [0.29, 0.717) is 35.8 Å². The summed E-state index contributed by atoms with van der Waals surface area (Å²) in [5, 5.41) is 15.9. The Labute approximate surface area is 288 Å². The fourth-order valence-electron chi connectivity index (χ4n) is 5.20. The Hall–Kier alpha value is -4.02. The summed E-state index contributed by atoms with van der Waals surface area (Å²) in [6.07, 6.45) is -4.92. The predicted molar refractivity (Wildman–Crippen MR) is 180 cm³/mol. The van der Waals surface area contributed by atoms with Crippen LogP contribution in [0.15, 0.2) is 54.6 Å². The van der Waals surface area contributed by atoms with Crippen molar-refractivity contribution in [1.29, 1.82) is 0 Å². The number of aliphatic hydroxyl groups excluding tert-OH is 1. The van der Waals surface area contributed by atoms with E-state index >= 15 is 0 Å². The van der Waals surface area contributed by atoms with Gasteiger partial charge in [0.25, 0.3) is 5.91 Å². The lowest BCUT2D eigenvalue weighted by molar-refractivity contribution is -0.137. The van der Waals surface area contributed by atoms with Gasteiger partial charge >= 0.3 is 6.18 Å². The Morgan fingerprint density at radius 3 is 2.30 bits per heavy atom. The Balaban J connectivity index is 1.58. The Kier molecular flexibility index (Phi) is 12.3. The van der Waals surface area contributed by atoms with Crippen molar-refractivity contribution >= 4 is 27.6 Å². The van der Waals surface area contributed by atoms with Crippen LogP contribution < -0.4 is 24.6 Å². The molecule has 0 bridgehead atoms. The molecule has 1 heterocycles. The number of anilines is 2. The lowest BCUT2D eigenvalue weighted by Gasteiger charge is -2.27. The number of benzene rings is 2. The number of pyridine rings is 1. The zero-order valence-electron chi connectivity index (χ0n) is 28.3. The molecule has 0 aliphatic heterocycles. The number of carbonyl (C=O) groups excluding carboxylic acids is 1. The third-order valence-electron chi connectivity index (χ3n) is 8.52. The molecule has 1 fully saturated rings. The van der Waals surface area contributed by atoms with Crippen molar-refractivity contribution in [2.24, 2.45) is 11.8 Å². The van der Waals surface area contributed by atoms with Crippen molar-refractivity contribution in [3.05, 3.63) is 82.9 Å². The Bertz CT molecular complexity index is 1740. The van der Waals surface area contributed by atoms with Crippen molar-refractivity contribution in [2.45, 2.75) is 57.3 Å². The molecule has 1 aromatic heterocycles. The molecule has 4 rings (SSSR count). The molecule has 1 aliphatic carbocycles. The van der Waals surface area contributed by atoms with E-state index in [2.05, 4.69) is 22.5 Å². The van der Waals surface area contributed by atoms with Gasteiger partial charge in [-0.2, -0.15) is 13.2 Å². The third kappa shape index (κ3) is 10.3. The standard InChI is InChI=1S/C34H42F5N5O5S/c1-20(2)50(47,48)44(5)32-12-23(11-31(42-32)43(4)18-24-9-21(24)3)33(46)41-29(19-49-28-14-26(35)13-27(36)15-28)30(45)17-40-16-22-7-6-8-25(10-22)34(37,38)39/h6-8,10-15,20-21,24,29-30,40,45H,9,16-19H2,1-5H3,(H,41,46)/t21-,24+,29-,30+/m0/s1. The smallest absolute Gasteiger partial charge is 0.416 e. The van der Waals surface area contributed by atoms with Crippen LogP contribution in [-0.2, 0) is 22.7 Å². The van der Waals surface area contributed by atoms with Gasteiger partial charge in [-0.05, 0) is 55.9 Å². The Morgan fingerprint density at radius 2 is 1.70 bits per heavy atom. The molecule has 3 aromatic rings. The number of rotatable bonds is 16. The van der Waals surface area contributed by atoms with E-state index in [1.807, 2.05) is 4.90 Å². The number of nitrogens with one attached hydrogen (secondary N) is 2. The van der Waals surface area contributed by atoms with Gasteiger partial charge in [-0.3, -0.25) is 9.10 Å². The van der Waals surface area contributed by atoms with Crippen LogP contribution in [0, 0.1) is 23.5 Å². The van der Waals surface area contributed by atoms with Crippen molar-refractivity contribution in [1.82, 2.24) is 15.6 Å². The van der Waals surface area contributed by atoms with Crippen LogP contribution in [0.4, 0.5) is 33.6 Å². The molecule has 0 spiro atoms. The summed E-state index contributed by atoms with van der Waals surface area (Å²) >= 11 is 0. The van der Waals surface area contributed by atoms with Crippen LogP contribution in [0.25, 0.3) is 0 Å². The first-order valence-electron chi connectivity index (χ1n) is 16.0. The van der Waals surface area contributed by atoms with Crippen molar-refractivity contribution in [3.63, 3.8) is 0 Å². The maximum absolute atomic E-state index is 13.8. The number of amides is 1. The van der Waals surface area contributed by atoms with Crippen LogP contribution in [0.5, 0.6) is 5.75 Å². The van der Waals surface area contributed by atoms with Crippen LogP contribution in [0.2, 0.25) is 0 Å². The molecule has 3 N–H and O–H groups in total.